The van der Waals surface area contributed by atoms with Gasteiger partial charge >= 0.3 is 0 Å². The molecule has 1 heterocycles. The number of rotatable bonds is 8. The quantitative estimate of drug-likeness (QED) is 0.656. The maximum Gasteiger partial charge on any atom is 0.227 e. The summed E-state index contributed by atoms with van der Waals surface area (Å²) in [6, 6.07) is 15.7. The molecule has 6 heteroatoms. The maximum atomic E-state index is 13.3. The molecule has 2 fully saturated rings. The highest BCUT2D eigenvalue weighted by Crippen LogP contribution is 2.33. The van der Waals surface area contributed by atoms with Gasteiger partial charge in [-0.25, -0.2) is 0 Å². The molecule has 31 heavy (non-hydrogen) atoms. The van der Waals surface area contributed by atoms with Gasteiger partial charge in [-0.15, -0.1) is 0 Å². The molecule has 4 rings (SSSR count). The van der Waals surface area contributed by atoms with Crippen molar-refractivity contribution in [2.75, 3.05) is 27.3 Å². The van der Waals surface area contributed by atoms with Crippen LogP contribution in [0, 0.1) is 0 Å². The van der Waals surface area contributed by atoms with E-state index in [1.54, 1.807) is 14.2 Å². The largest absolute Gasteiger partial charge is 0.496 e. The van der Waals surface area contributed by atoms with Crippen molar-refractivity contribution in [3.8, 4) is 11.5 Å². The molecule has 2 aromatic rings. The first-order valence-electron chi connectivity index (χ1n) is 10.9. The topological polar surface area (TPSA) is 59.1 Å². The van der Waals surface area contributed by atoms with Crippen LogP contribution >= 0.6 is 0 Å². The molecule has 6 nitrogen and oxygen atoms in total. The van der Waals surface area contributed by atoms with Crippen LogP contribution < -0.4 is 9.47 Å². The second-order valence-corrected chi connectivity index (χ2v) is 8.29. The Bertz CT molecular complexity index is 941. The molecule has 1 saturated carbocycles. The number of carbonyl (C=O) groups is 2. The molecule has 164 valence electrons. The van der Waals surface area contributed by atoms with Gasteiger partial charge in [0.2, 0.25) is 11.8 Å². The van der Waals surface area contributed by atoms with Gasteiger partial charge in [0.25, 0.3) is 0 Å². The summed E-state index contributed by atoms with van der Waals surface area (Å²) in [5.74, 6) is 1.68. The monoisotopic (exact) mass is 422 g/mol. The summed E-state index contributed by atoms with van der Waals surface area (Å²) in [5, 5.41) is 0. The average molecular weight is 423 g/mol. The van der Waals surface area contributed by atoms with Crippen LogP contribution in [0.4, 0.5) is 0 Å². The van der Waals surface area contributed by atoms with Crippen LogP contribution in [0.25, 0.3) is 0 Å². The van der Waals surface area contributed by atoms with E-state index in [0.717, 1.165) is 41.9 Å². The number of hydrogen-bond acceptors (Lipinski definition) is 4. The molecule has 0 aromatic heterocycles. The number of likely N-dealkylation sites (tertiary alicyclic amines) is 1. The van der Waals surface area contributed by atoms with Crippen molar-refractivity contribution in [2.24, 2.45) is 0 Å². The Morgan fingerprint density at radius 1 is 0.871 bits per heavy atom. The van der Waals surface area contributed by atoms with Gasteiger partial charge < -0.3 is 19.3 Å². The second kappa shape index (κ2) is 9.41. The highest BCUT2D eigenvalue weighted by Gasteiger charge is 2.40. The zero-order valence-corrected chi connectivity index (χ0v) is 18.3. The van der Waals surface area contributed by atoms with Crippen molar-refractivity contribution in [3.63, 3.8) is 0 Å². The van der Waals surface area contributed by atoms with E-state index in [1.165, 1.54) is 0 Å². The first-order valence-corrected chi connectivity index (χ1v) is 10.9. The minimum Gasteiger partial charge on any atom is -0.496 e. The molecule has 0 spiro atoms. The third-order valence-electron chi connectivity index (χ3n) is 6.21. The summed E-state index contributed by atoms with van der Waals surface area (Å²) >= 11 is 0. The molecular weight excluding hydrogens is 392 g/mol. The molecule has 2 aliphatic rings. The molecule has 0 N–H and O–H groups in total. The van der Waals surface area contributed by atoms with Gasteiger partial charge in [-0.3, -0.25) is 9.59 Å². The summed E-state index contributed by atoms with van der Waals surface area (Å²) in [7, 11) is 3.25. The lowest BCUT2D eigenvalue weighted by Crippen LogP contribution is -2.45. The third kappa shape index (κ3) is 4.84. The van der Waals surface area contributed by atoms with Gasteiger partial charge in [0.05, 0.1) is 33.1 Å². The molecule has 1 atom stereocenters. The van der Waals surface area contributed by atoms with E-state index in [0.29, 0.717) is 32.0 Å². The van der Waals surface area contributed by atoms with Crippen LogP contribution in [0.1, 0.15) is 30.4 Å². The Kier molecular flexibility index (Phi) is 6.44. The summed E-state index contributed by atoms with van der Waals surface area (Å²) in [5.41, 5.74) is 1.80. The smallest absolute Gasteiger partial charge is 0.227 e. The van der Waals surface area contributed by atoms with Crippen molar-refractivity contribution < 1.29 is 19.1 Å². The van der Waals surface area contributed by atoms with Crippen LogP contribution in [-0.4, -0.2) is 61.0 Å². The average Bonchev–Trinajstić information content (AvgIpc) is 3.49. The molecule has 0 unspecified atom stereocenters. The van der Waals surface area contributed by atoms with Gasteiger partial charge in [0.1, 0.15) is 11.5 Å². The Morgan fingerprint density at radius 3 is 2.03 bits per heavy atom. The molecule has 1 aliphatic heterocycles. The normalized spacial score (nSPS) is 18.0. The first-order chi connectivity index (χ1) is 15.1. The van der Waals surface area contributed by atoms with Gasteiger partial charge in [-0.2, -0.15) is 0 Å². The van der Waals surface area contributed by atoms with E-state index in [2.05, 4.69) is 0 Å². The van der Waals surface area contributed by atoms with Gasteiger partial charge in [-0.05, 0) is 31.4 Å². The third-order valence-corrected chi connectivity index (χ3v) is 6.21. The van der Waals surface area contributed by atoms with Gasteiger partial charge in [0.15, 0.2) is 0 Å². The standard InChI is InChI=1S/C25H30N2O4/c1-30-22-9-5-3-7-18(22)15-24(28)26-14-13-21(17-26)27(20-11-12-20)25(29)16-19-8-4-6-10-23(19)31-2/h3-10,20-21H,11-17H2,1-2H3/t21-/m1/s1. The number of para-hydroxylation sites is 2. The Labute approximate surface area is 183 Å². The molecule has 2 aromatic carbocycles. The second-order valence-electron chi connectivity index (χ2n) is 8.29. The molecule has 1 aliphatic carbocycles. The van der Waals surface area contributed by atoms with E-state index in [4.69, 9.17) is 9.47 Å². The SMILES string of the molecule is COc1ccccc1CC(=O)N1CC[C@@H](N(C(=O)Cc2ccccc2OC)C2CC2)C1. The minimum atomic E-state index is 0.0799. The molecule has 0 bridgehead atoms. The fraction of sp³-hybridized carbons (Fsp3) is 0.440. The minimum absolute atomic E-state index is 0.0799. The van der Waals surface area contributed by atoms with Crippen molar-refractivity contribution in [1.82, 2.24) is 9.80 Å². The summed E-state index contributed by atoms with van der Waals surface area (Å²) in [6.45, 7) is 1.28. The van der Waals surface area contributed by atoms with Crippen molar-refractivity contribution in [2.45, 2.75) is 44.2 Å². The summed E-state index contributed by atoms with van der Waals surface area (Å²) in [6.07, 6.45) is 3.56. The van der Waals surface area contributed by atoms with Crippen LogP contribution in [0.3, 0.4) is 0 Å². The number of nitrogens with zero attached hydrogens (tertiary/aromatic N) is 2. The van der Waals surface area contributed by atoms with Crippen molar-refractivity contribution >= 4 is 11.8 Å². The van der Waals surface area contributed by atoms with Crippen LogP contribution in [-0.2, 0) is 22.4 Å². The lowest BCUT2D eigenvalue weighted by Gasteiger charge is -2.29. The van der Waals surface area contributed by atoms with Gasteiger partial charge in [0, 0.05) is 30.3 Å². The highest BCUT2D eigenvalue weighted by atomic mass is 16.5. The van der Waals surface area contributed by atoms with Crippen LogP contribution in [0.2, 0.25) is 0 Å². The zero-order chi connectivity index (χ0) is 21.8. The highest BCUT2D eigenvalue weighted by molar-refractivity contribution is 5.82. The number of ether oxygens (including phenoxy) is 2. The Hall–Kier alpha value is -3.02. The molecule has 0 radical (unpaired) electrons. The lowest BCUT2D eigenvalue weighted by atomic mass is 10.1. The van der Waals surface area contributed by atoms with Crippen LogP contribution in [0.15, 0.2) is 48.5 Å². The maximum absolute atomic E-state index is 13.3. The first kappa shape index (κ1) is 21.2. The number of carbonyl (C=O) groups excluding carboxylic acids is 2. The number of benzene rings is 2. The molecule has 2 amide bonds. The van der Waals surface area contributed by atoms with E-state index in [9.17, 15) is 9.59 Å². The zero-order valence-electron chi connectivity index (χ0n) is 18.3. The van der Waals surface area contributed by atoms with E-state index >= 15 is 0 Å². The van der Waals surface area contributed by atoms with Gasteiger partial charge in [-0.1, -0.05) is 36.4 Å². The van der Waals surface area contributed by atoms with Crippen molar-refractivity contribution in [1.29, 1.82) is 0 Å². The number of amides is 2. The van der Waals surface area contributed by atoms with E-state index in [-0.39, 0.29) is 17.9 Å². The van der Waals surface area contributed by atoms with Crippen molar-refractivity contribution in [3.05, 3.63) is 59.7 Å². The molecular formula is C25H30N2O4. The Balaban J connectivity index is 1.41. The van der Waals surface area contributed by atoms with E-state index in [1.807, 2.05) is 58.3 Å². The summed E-state index contributed by atoms with van der Waals surface area (Å²) < 4.78 is 10.8. The fourth-order valence-corrected chi connectivity index (χ4v) is 4.48. The predicted octanol–water partition coefficient (Wildman–Crippen LogP) is 3.08. The number of hydrogen-bond donors (Lipinski definition) is 0. The Morgan fingerprint density at radius 2 is 1.45 bits per heavy atom. The predicted molar refractivity (Wildman–Crippen MR) is 118 cm³/mol. The number of methoxy groups -OCH3 is 2. The molecule has 1 saturated heterocycles. The fourth-order valence-electron chi connectivity index (χ4n) is 4.48. The lowest BCUT2D eigenvalue weighted by molar-refractivity contribution is -0.135. The van der Waals surface area contributed by atoms with E-state index < -0.39 is 0 Å². The summed E-state index contributed by atoms with van der Waals surface area (Å²) in [4.78, 5) is 30.1. The van der Waals surface area contributed by atoms with Crippen LogP contribution in [0.5, 0.6) is 11.5 Å².